The van der Waals surface area contributed by atoms with E-state index in [4.69, 9.17) is 4.42 Å². The zero-order valence-electron chi connectivity index (χ0n) is 10.1. The standard InChI is InChI=1S/C10H20N4OS/c1-4-5-11-6-9-13-14-10(15-9)12-8(2)7-16-3/h8,11H,4-7H2,1-3H3,(H,12,14). The summed E-state index contributed by atoms with van der Waals surface area (Å²) in [5, 5.41) is 14.3. The average molecular weight is 244 g/mol. The fourth-order valence-corrected chi connectivity index (χ4v) is 1.84. The minimum absolute atomic E-state index is 0.340. The zero-order valence-corrected chi connectivity index (χ0v) is 10.9. The number of nitrogens with zero attached hydrogens (tertiary/aromatic N) is 2. The van der Waals surface area contributed by atoms with Crippen molar-refractivity contribution in [2.75, 3.05) is 23.9 Å². The van der Waals surface area contributed by atoms with Crippen LogP contribution in [0.2, 0.25) is 0 Å². The molecule has 0 spiro atoms. The minimum Gasteiger partial charge on any atom is -0.407 e. The van der Waals surface area contributed by atoms with Crippen molar-refractivity contribution in [3.05, 3.63) is 5.89 Å². The summed E-state index contributed by atoms with van der Waals surface area (Å²) in [5.41, 5.74) is 0. The van der Waals surface area contributed by atoms with Gasteiger partial charge in [-0.1, -0.05) is 12.0 Å². The summed E-state index contributed by atoms with van der Waals surface area (Å²) in [6.07, 6.45) is 3.18. The van der Waals surface area contributed by atoms with E-state index in [-0.39, 0.29) is 0 Å². The Hall–Kier alpha value is -0.750. The van der Waals surface area contributed by atoms with Crippen LogP contribution in [0.15, 0.2) is 4.42 Å². The number of nitrogens with one attached hydrogen (secondary N) is 2. The van der Waals surface area contributed by atoms with E-state index in [2.05, 4.69) is 40.9 Å². The van der Waals surface area contributed by atoms with Gasteiger partial charge < -0.3 is 15.1 Å². The third kappa shape index (κ3) is 4.85. The Balaban J connectivity index is 2.33. The van der Waals surface area contributed by atoms with Crippen LogP contribution >= 0.6 is 11.8 Å². The van der Waals surface area contributed by atoms with Gasteiger partial charge in [0.1, 0.15) is 0 Å². The summed E-state index contributed by atoms with van der Waals surface area (Å²) >= 11 is 1.79. The van der Waals surface area contributed by atoms with Crippen LogP contribution in [-0.4, -0.2) is 34.8 Å². The van der Waals surface area contributed by atoms with Gasteiger partial charge >= 0.3 is 6.01 Å². The molecule has 0 bridgehead atoms. The second-order valence-electron chi connectivity index (χ2n) is 3.68. The quantitative estimate of drug-likeness (QED) is 0.679. The van der Waals surface area contributed by atoms with Crippen molar-refractivity contribution in [2.24, 2.45) is 0 Å². The van der Waals surface area contributed by atoms with Gasteiger partial charge in [0.2, 0.25) is 5.89 Å². The number of rotatable bonds is 8. The van der Waals surface area contributed by atoms with Crippen LogP contribution in [0.3, 0.4) is 0 Å². The number of hydrogen-bond acceptors (Lipinski definition) is 6. The summed E-state index contributed by atoms with van der Waals surface area (Å²) in [5.74, 6) is 1.65. The number of thioether (sulfide) groups is 1. The lowest BCUT2D eigenvalue weighted by atomic mass is 10.4. The molecule has 1 atom stereocenters. The van der Waals surface area contributed by atoms with Crippen molar-refractivity contribution >= 4 is 17.8 Å². The molecule has 1 aromatic rings. The Morgan fingerprint density at radius 1 is 1.44 bits per heavy atom. The summed E-state index contributed by atoms with van der Waals surface area (Å²) in [7, 11) is 0. The van der Waals surface area contributed by atoms with Gasteiger partial charge in [-0.3, -0.25) is 0 Å². The maximum Gasteiger partial charge on any atom is 0.315 e. The fraction of sp³-hybridized carbons (Fsp3) is 0.800. The first-order valence-electron chi connectivity index (χ1n) is 5.54. The van der Waals surface area contributed by atoms with E-state index < -0.39 is 0 Å². The second kappa shape index (κ2) is 7.51. The molecule has 0 saturated heterocycles. The predicted molar refractivity (Wildman–Crippen MR) is 67.8 cm³/mol. The van der Waals surface area contributed by atoms with Crippen LogP contribution in [0.25, 0.3) is 0 Å². The van der Waals surface area contributed by atoms with Gasteiger partial charge in [0, 0.05) is 11.8 Å². The molecule has 1 unspecified atom stereocenters. The van der Waals surface area contributed by atoms with Crippen molar-refractivity contribution < 1.29 is 4.42 Å². The lowest BCUT2D eigenvalue weighted by Crippen LogP contribution is -2.17. The van der Waals surface area contributed by atoms with Crippen molar-refractivity contribution in [3.8, 4) is 0 Å². The van der Waals surface area contributed by atoms with E-state index in [0.29, 0.717) is 24.5 Å². The third-order valence-electron chi connectivity index (χ3n) is 1.96. The molecule has 0 aliphatic carbocycles. The highest BCUT2D eigenvalue weighted by Crippen LogP contribution is 2.08. The highest BCUT2D eigenvalue weighted by Gasteiger charge is 2.08. The van der Waals surface area contributed by atoms with Crippen LogP contribution in [0, 0.1) is 0 Å². The molecule has 16 heavy (non-hydrogen) atoms. The summed E-state index contributed by atoms with van der Waals surface area (Å²) in [4.78, 5) is 0. The fourth-order valence-electron chi connectivity index (χ4n) is 1.26. The Morgan fingerprint density at radius 2 is 2.25 bits per heavy atom. The van der Waals surface area contributed by atoms with Crippen LogP contribution in [-0.2, 0) is 6.54 Å². The molecular weight excluding hydrogens is 224 g/mol. The normalized spacial score (nSPS) is 12.7. The molecule has 1 heterocycles. The van der Waals surface area contributed by atoms with Crippen molar-refractivity contribution in [1.82, 2.24) is 15.5 Å². The summed E-state index contributed by atoms with van der Waals surface area (Å²) in [6, 6.07) is 0.849. The van der Waals surface area contributed by atoms with Crippen LogP contribution in [0.4, 0.5) is 6.01 Å². The summed E-state index contributed by atoms with van der Waals surface area (Å²) < 4.78 is 5.44. The van der Waals surface area contributed by atoms with Gasteiger partial charge in [-0.25, -0.2) is 0 Å². The SMILES string of the molecule is CCCNCc1nnc(NC(C)CSC)o1. The first kappa shape index (κ1) is 13.3. The van der Waals surface area contributed by atoms with Crippen LogP contribution in [0.1, 0.15) is 26.2 Å². The van der Waals surface area contributed by atoms with Crippen LogP contribution in [0.5, 0.6) is 0 Å². The summed E-state index contributed by atoms with van der Waals surface area (Å²) in [6.45, 7) is 5.82. The maximum absolute atomic E-state index is 5.44. The van der Waals surface area contributed by atoms with Crippen molar-refractivity contribution in [1.29, 1.82) is 0 Å². The van der Waals surface area contributed by atoms with E-state index in [9.17, 15) is 0 Å². The van der Waals surface area contributed by atoms with E-state index in [1.165, 1.54) is 0 Å². The molecule has 0 radical (unpaired) electrons. The molecule has 92 valence electrons. The highest BCUT2D eigenvalue weighted by atomic mass is 32.2. The van der Waals surface area contributed by atoms with Crippen molar-refractivity contribution in [2.45, 2.75) is 32.9 Å². The topological polar surface area (TPSA) is 63.0 Å². The highest BCUT2D eigenvalue weighted by molar-refractivity contribution is 7.98. The Labute approximate surface area is 101 Å². The smallest absolute Gasteiger partial charge is 0.315 e. The molecule has 2 N–H and O–H groups in total. The predicted octanol–water partition coefficient (Wildman–Crippen LogP) is 1.73. The lowest BCUT2D eigenvalue weighted by molar-refractivity contribution is 0.475. The van der Waals surface area contributed by atoms with Crippen LogP contribution < -0.4 is 10.6 Å². The van der Waals surface area contributed by atoms with Crippen molar-refractivity contribution in [3.63, 3.8) is 0 Å². The monoisotopic (exact) mass is 244 g/mol. The van der Waals surface area contributed by atoms with Gasteiger partial charge in [0.05, 0.1) is 6.54 Å². The minimum atomic E-state index is 0.340. The molecule has 0 fully saturated rings. The largest absolute Gasteiger partial charge is 0.407 e. The van der Waals surface area contributed by atoms with E-state index in [1.807, 2.05) is 0 Å². The van der Waals surface area contributed by atoms with E-state index in [0.717, 1.165) is 18.7 Å². The number of hydrogen-bond donors (Lipinski definition) is 2. The number of aromatic nitrogens is 2. The van der Waals surface area contributed by atoms with Gasteiger partial charge in [0.15, 0.2) is 0 Å². The number of anilines is 1. The Kier molecular flexibility index (Phi) is 6.25. The molecule has 6 heteroatoms. The Bertz CT molecular complexity index is 292. The Morgan fingerprint density at radius 3 is 2.94 bits per heavy atom. The first-order valence-corrected chi connectivity index (χ1v) is 6.94. The molecule has 0 saturated carbocycles. The maximum atomic E-state index is 5.44. The van der Waals surface area contributed by atoms with Gasteiger partial charge in [0.25, 0.3) is 0 Å². The molecule has 0 aliphatic heterocycles. The molecule has 0 aliphatic rings. The molecule has 0 aromatic carbocycles. The van der Waals surface area contributed by atoms with Gasteiger partial charge in [-0.2, -0.15) is 11.8 Å². The van der Waals surface area contributed by atoms with Gasteiger partial charge in [-0.15, -0.1) is 5.10 Å². The van der Waals surface area contributed by atoms with Gasteiger partial charge in [-0.05, 0) is 26.1 Å². The molecule has 1 rings (SSSR count). The van der Waals surface area contributed by atoms with E-state index >= 15 is 0 Å². The average Bonchev–Trinajstić information content (AvgIpc) is 2.66. The second-order valence-corrected chi connectivity index (χ2v) is 4.59. The zero-order chi connectivity index (χ0) is 11.8. The third-order valence-corrected chi connectivity index (χ3v) is 2.79. The molecule has 5 nitrogen and oxygen atoms in total. The van der Waals surface area contributed by atoms with E-state index in [1.54, 1.807) is 11.8 Å². The first-order chi connectivity index (χ1) is 7.76. The molecular formula is C10H20N4OS. The lowest BCUT2D eigenvalue weighted by Gasteiger charge is -2.08. The molecule has 1 aromatic heterocycles. The molecule has 0 amide bonds.